The van der Waals surface area contributed by atoms with Gasteiger partial charge in [-0.25, -0.2) is 0 Å². The van der Waals surface area contributed by atoms with Gasteiger partial charge in [0.05, 0.1) is 5.56 Å². The van der Waals surface area contributed by atoms with Crippen LogP contribution in [-0.2, 0) is 0 Å². The lowest BCUT2D eigenvalue weighted by Gasteiger charge is -2.20. The summed E-state index contributed by atoms with van der Waals surface area (Å²) < 4.78 is 0.948. The van der Waals surface area contributed by atoms with Crippen molar-refractivity contribution < 1.29 is 9.90 Å². The number of phenolic OH excluding ortho intramolecular Hbond substituents is 1. The van der Waals surface area contributed by atoms with E-state index in [4.69, 9.17) is 0 Å². The van der Waals surface area contributed by atoms with Crippen molar-refractivity contribution in [1.29, 1.82) is 0 Å². The predicted molar refractivity (Wildman–Crippen MR) is 79.7 cm³/mol. The van der Waals surface area contributed by atoms with Crippen molar-refractivity contribution in [3.8, 4) is 5.75 Å². The molecule has 1 fully saturated rings. The Hall–Kier alpha value is -0.780. The van der Waals surface area contributed by atoms with Gasteiger partial charge in [-0.15, -0.1) is 0 Å². The quantitative estimate of drug-likeness (QED) is 0.814. The van der Waals surface area contributed by atoms with Crippen molar-refractivity contribution in [3.63, 3.8) is 0 Å². The molecule has 3 nitrogen and oxygen atoms in total. The van der Waals surface area contributed by atoms with E-state index in [0.29, 0.717) is 11.5 Å². The zero-order valence-corrected chi connectivity index (χ0v) is 12.6. The van der Waals surface area contributed by atoms with E-state index in [2.05, 4.69) is 34.8 Å². The Morgan fingerprint density at radius 1 is 1.44 bits per heavy atom. The minimum absolute atomic E-state index is 0.0477. The van der Waals surface area contributed by atoms with Gasteiger partial charge in [-0.1, -0.05) is 12.8 Å². The largest absolute Gasteiger partial charge is 0.507 e. The van der Waals surface area contributed by atoms with Gasteiger partial charge in [0.25, 0.3) is 5.91 Å². The minimum Gasteiger partial charge on any atom is -0.507 e. The molecular weight excluding hydrogens is 341 g/mol. The number of benzene rings is 1. The Balaban J connectivity index is 2.04. The Kier molecular flexibility index (Phi) is 4.48. The number of hydrogen-bond donors (Lipinski definition) is 2. The topological polar surface area (TPSA) is 49.3 Å². The van der Waals surface area contributed by atoms with E-state index in [1.165, 1.54) is 25.7 Å². The molecule has 1 saturated carbocycles. The molecule has 0 aromatic heterocycles. The van der Waals surface area contributed by atoms with Crippen LogP contribution in [0.2, 0.25) is 0 Å². The molecule has 1 aromatic carbocycles. The summed E-state index contributed by atoms with van der Waals surface area (Å²) in [6, 6.07) is 5.24. The van der Waals surface area contributed by atoms with Gasteiger partial charge < -0.3 is 10.4 Å². The number of carbonyl (C=O) groups is 1. The van der Waals surface area contributed by atoms with Crippen molar-refractivity contribution >= 4 is 28.5 Å². The smallest absolute Gasteiger partial charge is 0.255 e. The summed E-state index contributed by atoms with van der Waals surface area (Å²) in [5.41, 5.74) is 0.367. The summed E-state index contributed by atoms with van der Waals surface area (Å²) in [4.78, 5) is 12.1. The van der Waals surface area contributed by atoms with Gasteiger partial charge >= 0.3 is 0 Å². The van der Waals surface area contributed by atoms with E-state index in [-0.39, 0.29) is 17.7 Å². The van der Waals surface area contributed by atoms with Gasteiger partial charge in [-0.2, -0.15) is 0 Å². The molecule has 2 rings (SSSR count). The van der Waals surface area contributed by atoms with Crippen LogP contribution in [0.1, 0.15) is 43.0 Å². The maximum Gasteiger partial charge on any atom is 0.255 e. The molecule has 1 aliphatic carbocycles. The number of phenols is 1. The molecule has 1 aromatic rings. The monoisotopic (exact) mass is 359 g/mol. The third-order valence-electron chi connectivity index (χ3n) is 3.67. The summed E-state index contributed by atoms with van der Waals surface area (Å²) in [7, 11) is 0. The molecule has 4 heteroatoms. The summed E-state index contributed by atoms with van der Waals surface area (Å²) in [5.74, 6) is 0.454. The average molecular weight is 359 g/mol. The fourth-order valence-corrected chi connectivity index (χ4v) is 3.04. The highest BCUT2D eigenvalue weighted by Gasteiger charge is 2.23. The van der Waals surface area contributed by atoms with Crippen LogP contribution < -0.4 is 5.32 Å². The normalized spacial score (nSPS) is 17.7. The first kappa shape index (κ1) is 13.6. The van der Waals surface area contributed by atoms with Crippen molar-refractivity contribution in [2.75, 3.05) is 0 Å². The van der Waals surface area contributed by atoms with Gasteiger partial charge in [0.1, 0.15) is 5.75 Å². The molecule has 0 radical (unpaired) electrons. The third kappa shape index (κ3) is 3.16. The van der Waals surface area contributed by atoms with Crippen molar-refractivity contribution in [1.82, 2.24) is 5.32 Å². The van der Waals surface area contributed by atoms with E-state index in [9.17, 15) is 9.90 Å². The van der Waals surface area contributed by atoms with Gasteiger partial charge in [-0.3, -0.25) is 4.79 Å². The minimum atomic E-state index is -0.176. The molecule has 0 heterocycles. The number of nitrogens with one attached hydrogen (secondary N) is 1. The van der Waals surface area contributed by atoms with Gasteiger partial charge in [0.2, 0.25) is 0 Å². The zero-order chi connectivity index (χ0) is 13.1. The number of hydrogen-bond acceptors (Lipinski definition) is 2. The molecule has 18 heavy (non-hydrogen) atoms. The number of halogens is 1. The first-order chi connectivity index (χ1) is 8.58. The van der Waals surface area contributed by atoms with Gasteiger partial charge in [0, 0.05) is 9.61 Å². The second-order valence-corrected chi connectivity index (χ2v) is 6.21. The molecule has 2 N–H and O–H groups in total. The van der Waals surface area contributed by atoms with Gasteiger partial charge in [0.15, 0.2) is 0 Å². The highest BCUT2D eigenvalue weighted by atomic mass is 127. The van der Waals surface area contributed by atoms with Crippen LogP contribution in [0.3, 0.4) is 0 Å². The van der Waals surface area contributed by atoms with E-state index < -0.39 is 0 Å². The summed E-state index contributed by atoms with van der Waals surface area (Å²) in [6.07, 6.45) is 4.91. The summed E-state index contributed by atoms with van der Waals surface area (Å²) >= 11 is 2.14. The van der Waals surface area contributed by atoms with Crippen LogP contribution in [0.15, 0.2) is 18.2 Å². The number of rotatable bonds is 3. The van der Waals surface area contributed by atoms with Crippen molar-refractivity contribution in [3.05, 3.63) is 27.3 Å². The molecule has 0 bridgehead atoms. The summed E-state index contributed by atoms with van der Waals surface area (Å²) in [6.45, 7) is 2.05. The number of carbonyl (C=O) groups excluding carboxylic acids is 1. The fraction of sp³-hybridized carbons (Fsp3) is 0.500. The Labute approximate surface area is 121 Å². The molecule has 0 spiro atoms. The highest BCUT2D eigenvalue weighted by Crippen LogP contribution is 2.28. The Morgan fingerprint density at radius 3 is 2.78 bits per heavy atom. The van der Waals surface area contributed by atoms with Crippen LogP contribution in [0.4, 0.5) is 0 Å². The van der Waals surface area contributed by atoms with Crippen LogP contribution >= 0.6 is 22.6 Å². The standard InChI is InChI=1S/C14H18INO2/c1-9(10-4-2-3-5-10)16-14(18)12-8-11(15)6-7-13(12)17/h6-10,17H,2-5H2,1H3,(H,16,18). The van der Waals surface area contributed by atoms with E-state index >= 15 is 0 Å². The number of amides is 1. The molecule has 0 aliphatic heterocycles. The molecule has 1 amide bonds. The average Bonchev–Trinajstić information content (AvgIpc) is 2.85. The molecule has 0 saturated heterocycles. The maximum atomic E-state index is 12.1. The van der Waals surface area contributed by atoms with E-state index in [0.717, 1.165) is 3.57 Å². The molecule has 98 valence electrons. The summed E-state index contributed by atoms with van der Waals surface area (Å²) in [5, 5.41) is 12.7. The maximum absolute atomic E-state index is 12.1. The second-order valence-electron chi connectivity index (χ2n) is 4.97. The van der Waals surface area contributed by atoms with Crippen LogP contribution in [-0.4, -0.2) is 17.1 Å². The second kappa shape index (κ2) is 5.91. The highest BCUT2D eigenvalue weighted by molar-refractivity contribution is 14.1. The Bertz CT molecular complexity index is 441. The first-order valence-corrected chi connectivity index (χ1v) is 7.45. The predicted octanol–water partition coefficient (Wildman–Crippen LogP) is 3.31. The number of aromatic hydroxyl groups is 1. The molecule has 1 aliphatic rings. The van der Waals surface area contributed by atoms with Crippen LogP contribution in [0.25, 0.3) is 0 Å². The lowest BCUT2D eigenvalue weighted by atomic mass is 9.99. The zero-order valence-electron chi connectivity index (χ0n) is 10.4. The fourth-order valence-electron chi connectivity index (χ4n) is 2.55. The van der Waals surface area contributed by atoms with E-state index in [1.807, 2.05) is 0 Å². The third-order valence-corrected chi connectivity index (χ3v) is 4.34. The van der Waals surface area contributed by atoms with Crippen LogP contribution in [0.5, 0.6) is 5.75 Å². The van der Waals surface area contributed by atoms with Crippen molar-refractivity contribution in [2.45, 2.75) is 38.6 Å². The SMILES string of the molecule is CC(NC(=O)c1cc(I)ccc1O)C1CCCC1. The lowest BCUT2D eigenvalue weighted by Crippen LogP contribution is -2.37. The first-order valence-electron chi connectivity index (χ1n) is 6.37. The van der Waals surface area contributed by atoms with Gasteiger partial charge in [-0.05, 0) is 66.5 Å². The lowest BCUT2D eigenvalue weighted by molar-refractivity contribution is 0.0924. The van der Waals surface area contributed by atoms with Crippen molar-refractivity contribution in [2.24, 2.45) is 5.92 Å². The Morgan fingerprint density at radius 2 is 2.11 bits per heavy atom. The van der Waals surface area contributed by atoms with Crippen LogP contribution in [0, 0.1) is 9.49 Å². The molecule has 1 atom stereocenters. The molecular formula is C14H18INO2. The molecule has 1 unspecified atom stereocenters. The van der Waals surface area contributed by atoms with E-state index in [1.54, 1.807) is 18.2 Å².